The molecule has 1 rings (SSSR count). The van der Waals surface area contributed by atoms with E-state index in [1.165, 1.54) is 0 Å². The molecule has 2 N–H and O–H groups in total. The van der Waals surface area contributed by atoms with Crippen LogP contribution < -0.4 is 5.32 Å². The molecule has 80 valence electrons. The summed E-state index contributed by atoms with van der Waals surface area (Å²) < 4.78 is 4.69. The van der Waals surface area contributed by atoms with Crippen molar-refractivity contribution in [1.82, 2.24) is 5.32 Å². The summed E-state index contributed by atoms with van der Waals surface area (Å²) in [6.45, 7) is 4.68. The molecule has 1 saturated heterocycles. The number of ether oxygens (including phenoxy) is 1. The van der Waals surface area contributed by atoms with Gasteiger partial charge in [0.1, 0.15) is 0 Å². The Hall–Kier alpha value is -1.10. The van der Waals surface area contributed by atoms with Crippen molar-refractivity contribution in [2.24, 2.45) is 5.92 Å². The lowest BCUT2D eigenvalue weighted by Crippen LogP contribution is -2.31. The number of hydrogen-bond acceptors (Lipinski definition) is 3. The summed E-state index contributed by atoms with van der Waals surface area (Å²) >= 11 is 0. The summed E-state index contributed by atoms with van der Waals surface area (Å²) in [5.74, 6) is -0.877. The molecule has 0 radical (unpaired) electrons. The minimum absolute atomic E-state index is 0.321. The van der Waals surface area contributed by atoms with E-state index >= 15 is 0 Å². The zero-order valence-electron chi connectivity index (χ0n) is 8.32. The standard InChI is InChI=1S/C9H15NO4/c1-5(2)3-4-10-8(11)6-7(14-6)9(12)13/h5-7H,3-4H2,1-2H3,(H,10,11)(H,12,13). The van der Waals surface area contributed by atoms with E-state index in [0.29, 0.717) is 12.5 Å². The number of rotatable bonds is 5. The van der Waals surface area contributed by atoms with Crippen LogP contribution in [0, 0.1) is 5.92 Å². The topological polar surface area (TPSA) is 78.9 Å². The monoisotopic (exact) mass is 201 g/mol. The number of carbonyl (C=O) groups excluding carboxylic acids is 1. The molecule has 1 aliphatic heterocycles. The largest absolute Gasteiger partial charge is 0.479 e. The molecule has 2 unspecified atom stereocenters. The van der Waals surface area contributed by atoms with E-state index in [4.69, 9.17) is 5.11 Å². The normalized spacial score (nSPS) is 24.8. The van der Waals surface area contributed by atoms with Gasteiger partial charge in [0, 0.05) is 6.54 Å². The molecule has 5 nitrogen and oxygen atoms in total. The Bertz CT molecular complexity index is 239. The number of epoxide rings is 1. The average molecular weight is 201 g/mol. The molecule has 1 fully saturated rings. The second-order valence-corrected chi connectivity index (χ2v) is 3.79. The lowest BCUT2D eigenvalue weighted by molar-refractivity contribution is -0.138. The van der Waals surface area contributed by atoms with E-state index in [9.17, 15) is 9.59 Å². The third-order valence-corrected chi connectivity index (χ3v) is 2.01. The first-order valence-electron chi connectivity index (χ1n) is 4.68. The Morgan fingerprint density at radius 3 is 2.50 bits per heavy atom. The lowest BCUT2D eigenvalue weighted by Gasteiger charge is -2.04. The molecular weight excluding hydrogens is 186 g/mol. The number of hydrogen-bond donors (Lipinski definition) is 2. The number of carbonyl (C=O) groups is 2. The van der Waals surface area contributed by atoms with Gasteiger partial charge in [0.25, 0.3) is 5.91 Å². The number of amides is 1. The van der Waals surface area contributed by atoms with Crippen LogP contribution in [0.4, 0.5) is 0 Å². The molecule has 1 heterocycles. The predicted octanol–water partition coefficient (Wildman–Crippen LogP) is 0.000700. The Morgan fingerprint density at radius 2 is 2.07 bits per heavy atom. The Morgan fingerprint density at radius 1 is 1.43 bits per heavy atom. The van der Waals surface area contributed by atoms with Crippen LogP contribution in [-0.4, -0.2) is 35.7 Å². The highest BCUT2D eigenvalue weighted by atomic mass is 16.6. The highest BCUT2D eigenvalue weighted by Gasteiger charge is 2.50. The summed E-state index contributed by atoms with van der Waals surface area (Å²) in [5, 5.41) is 11.1. The molecule has 14 heavy (non-hydrogen) atoms. The van der Waals surface area contributed by atoms with Crippen LogP contribution in [0.15, 0.2) is 0 Å². The van der Waals surface area contributed by atoms with Gasteiger partial charge in [0.2, 0.25) is 0 Å². The van der Waals surface area contributed by atoms with Crippen molar-refractivity contribution >= 4 is 11.9 Å². The summed E-state index contributed by atoms with van der Waals surface area (Å²) in [4.78, 5) is 21.6. The zero-order valence-corrected chi connectivity index (χ0v) is 8.32. The second-order valence-electron chi connectivity index (χ2n) is 3.79. The number of nitrogens with one attached hydrogen (secondary N) is 1. The van der Waals surface area contributed by atoms with Crippen LogP contribution in [0.25, 0.3) is 0 Å². The molecule has 0 saturated carbocycles. The van der Waals surface area contributed by atoms with Gasteiger partial charge < -0.3 is 15.2 Å². The average Bonchev–Trinajstić information content (AvgIpc) is 2.81. The summed E-state index contributed by atoms with van der Waals surface area (Å²) in [5.41, 5.74) is 0. The summed E-state index contributed by atoms with van der Waals surface area (Å²) in [7, 11) is 0. The first kappa shape index (κ1) is 11.0. The van der Waals surface area contributed by atoms with Gasteiger partial charge in [-0.05, 0) is 12.3 Å². The molecule has 0 bridgehead atoms. The van der Waals surface area contributed by atoms with Crippen molar-refractivity contribution in [1.29, 1.82) is 0 Å². The van der Waals surface area contributed by atoms with Crippen molar-refractivity contribution in [3.63, 3.8) is 0 Å². The predicted molar refractivity (Wildman–Crippen MR) is 48.8 cm³/mol. The second kappa shape index (κ2) is 4.41. The first-order valence-corrected chi connectivity index (χ1v) is 4.68. The van der Waals surface area contributed by atoms with Gasteiger partial charge in [-0.25, -0.2) is 4.79 Å². The smallest absolute Gasteiger partial charge is 0.336 e. The van der Waals surface area contributed by atoms with Gasteiger partial charge in [-0.3, -0.25) is 4.79 Å². The van der Waals surface area contributed by atoms with Crippen molar-refractivity contribution in [3.8, 4) is 0 Å². The van der Waals surface area contributed by atoms with E-state index in [0.717, 1.165) is 6.42 Å². The third kappa shape index (κ3) is 2.99. The zero-order chi connectivity index (χ0) is 10.7. The molecule has 2 atom stereocenters. The summed E-state index contributed by atoms with van der Waals surface area (Å²) in [6, 6.07) is 0. The van der Waals surface area contributed by atoms with Gasteiger partial charge in [-0.1, -0.05) is 13.8 Å². The molecule has 0 aromatic carbocycles. The van der Waals surface area contributed by atoms with Gasteiger partial charge in [-0.15, -0.1) is 0 Å². The molecule has 0 aromatic rings. The number of carboxylic acids is 1. The van der Waals surface area contributed by atoms with Gasteiger partial charge >= 0.3 is 5.97 Å². The van der Waals surface area contributed by atoms with E-state index in [-0.39, 0.29) is 5.91 Å². The fourth-order valence-electron chi connectivity index (χ4n) is 1.08. The minimum atomic E-state index is -1.07. The van der Waals surface area contributed by atoms with Crippen LogP contribution in [-0.2, 0) is 14.3 Å². The van der Waals surface area contributed by atoms with Crippen LogP contribution in [0.3, 0.4) is 0 Å². The van der Waals surface area contributed by atoms with E-state index < -0.39 is 18.2 Å². The van der Waals surface area contributed by atoms with Crippen molar-refractivity contribution in [3.05, 3.63) is 0 Å². The van der Waals surface area contributed by atoms with Crippen LogP contribution in [0.2, 0.25) is 0 Å². The third-order valence-electron chi connectivity index (χ3n) is 2.01. The Labute approximate surface area is 82.4 Å². The van der Waals surface area contributed by atoms with Crippen LogP contribution in [0.1, 0.15) is 20.3 Å². The molecular formula is C9H15NO4. The van der Waals surface area contributed by atoms with Crippen LogP contribution in [0.5, 0.6) is 0 Å². The van der Waals surface area contributed by atoms with Gasteiger partial charge in [-0.2, -0.15) is 0 Å². The van der Waals surface area contributed by atoms with Gasteiger partial charge in [0.15, 0.2) is 12.2 Å². The number of aliphatic carboxylic acids is 1. The van der Waals surface area contributed by atoms with E-state index in [2.05, 4.69) is 23.9 Å². The van der Waals surface area contributed by atoms with E-state index in [1.54, 1.807) is 0 Å². The summed E-state index contributed by atoms with van der Waals surface area (Å²) in [6.07, 6.45) is -0.829. The Kier molecular flexibility index (Phi) is 3.46. The highest BCUT2D eigenvalue weighted by molar-refractivity contribution is 5.91. The van der Waals surface area contributed by atoms with Crippen molar-refractivity contribution < 1.29 is 19.4 Å². The quantitative estimate of drug-likeness (QED) is 0.614. The van der Waals surface area contributed by atoms with Crippen molar-refractivity contribution in [2.45, 2.75) is 32.5 Å². The van der Waals surface area contributed by atoms with Crippen LogP contribution >= 0.6 is 0 Å². The molecule has 0 spiro atoms. The fourth-order valence-corrected chi connectivity index (χ4v) is 1.08. The number of carboxylic acid groups (broad SMARTS) is 1. The highest BCUT2D eigenvalue weighted by Crippen LogP contribution is 2.21. The minimum Gasteiger partial charge on any atom is -0.479 e. The SMILES string of the molecule is CC(C)CCNC(=O)C1OC1C(=O)O. The maximum atomic E-state index is 11.2. The van der Waals surface area contributed by atoms with Gasteiger partial charge in [0.05, 0.1) is 0 Å². The van der Waals surface area contributed by atoms with E-state index in [1.807, 2.05) is 0 Å². The maximum absolute atomic E-state index is 11.2. The molecule has 0 aromatic heterocycles. The molecule has 0 aliphatic carbocycles. The lowest BCUT2D eigenvalue weighted by atomic mass is 10.1. The van der Waals surface area contributed by atoms with Crippen molar-refractivity contribution in [2.75, 3.05) is 6.54 Å². The molecule has 5 heteroatoms. The molecule has 1 amide bonds. The maximum Gasteiger partial charge on any atom is 0.336 e. The fraction of sp³-hybridized carbons (Fsp3) is 0.778. The molecule has 1 aliphatic rings. The first-order chi connectivity index (χ1) is 6.52. The Balaban J connectivity index is 2.15.